The zero-order valence-corrected chi connectivity index (χ0v) is 11.8. The molecular weight excluding hydrogens is 258 g/mol. The number of aryl methyl sites for hydroxylation is 2. The Morgan fingerprint density at radius 1 is 1.42 bits per heavy atom. The van der Waals surface area contributed by atoms with Crippen LogP contribution in [0.5, 0.6) is 0 Å². The topological polar surface area (TPSA) is 68.0 Å². The van der Waals surface area contributed by atoms with Gasteiger partial charge in [-0.2, -0.15) is 0 Å². The molecule has 1 aromatic heterocycles. The van der Waals surface area contributed by atoms with Crippen LogP contribution in [0.1, 0.15) is 29.1 Å². The van der Waals surface area contributed by atoms with Crippen molar-refractivity contribution in [2.45, 2.75) is 26.3 Å². The van der Waals surface area contributed by atoms with Crippen LogP contribution in [-0.2, 0) is 11.2 Å². The van der Waals surface area contributed by atoms with E-state index >= 15 is 0 Å². The Morgan fingerprint density at radius 3 is 2.68 bits per heavy atom. The van der Waals surface area contributed by atoms with Gasteiger partial charge in [-0.25, -0.2) is 4.98 Å². The first-order valence-corrected chi connectivity index (χ1v) is 7.01. The van der Waals surface area contributed by atoms with Crippen LogP contribution in [0.3, 0.4) is 0 Å². The highest BCUT2D eigenvalue weighted by atomic mass is 32.1. The molecule has 1 aromatic carbocycles. The summed E-state index contributed by atoms with van der Waals surface area (Å²) in [5, 5.41) is 3.40. The maximum atomic E-state index is 12.1. The summed E-state index contributed by atoms with van der Waals surface area (Å²) in [5.41, 5.74) is 7.75. The van der Waals surface area contributed by atoms with Crippen molar-refractivity contribution in [3.05, 3.63) is 46.5 Å². The molecule has 0 aliphatic rings. The molecule has 2 rings (SSSR count). The third kappa shape index (κ3) is 3.19. The molecule has 0 saturated heterocycles. The number of amides is 1. The van der Waals surface area contributed by atoms with Gasteiger partial charge in [-0.05, 0) is 18.9 Å². The standard InChI is InChI=1S/C14H17N3OS/c1-3-11-9(2)19-14(16-11)17-13(18)12(15)10-7-5-4-6-8-10/h4-8,12H,3,15H2,1-2H3,(H,16,17,18). The van der Waals surface area contributed by atoms with E-state index in [0.29, 0.717) is 5.13 Å². The van der Waals surface area contributed by atoms with Crippen molar-refractivity contribution < 1.29 is 4.79 Å². The molecule has 19 heavy (non-hydrogen) atoms. The summed E-state index contributed by atoms with van der Waals surface area (Å²) < 4.78 is 0. The van der Waals surface area contributed by atoms with Crippen molar-refractivity contribution in [2.24, 2.45) is 5.73 Å². The molecule has 2 aromatic rings. The Bertz CT molecular complexity index is 565. The van der Waals surface area contributed by atoms with Crippen molar-refractivity contribution in [1.82, 2.24) is 4.98 Å². The summed E-state index contributed by atoms with van der Waals surface area (Å²) in [5.74, 6) is -0.234. The van der Waals surface area contributed by atoms with Crippen LogP contribution in [0.2, 0.25) is 0 Å². The van der Waals surface area contributed by atoms with E-state index in [2.05, 4.69) is 10.3 Å². The van der Waals surface area contributed by atoms with Gasteiger partial charge in [0.2, 0.25) is 5.91 Å². The number of hydrogen-bond donors (Lipinski definition) is 2. The molecule has 0 spiro atoms. The van der Waals surface area contributed by atoms with Crippen LogP contribution in [0.25, 0.3) is 0 Å². The number of carbonyl (C=O) groups excluding carboxylic acids is 1. The van der Waals surface area contributed by atoms with Crippen molar-refractivity contribution >= 4 is 22.4 Å². The monoisotopic (exact) mass is 275 g/mol. The largest absolute Gasteiger partial charge is 0.316 e. The third-order valence-electron chi connectivity index (χ3n) is 2.90. The molecule has 5 heteroatoms. The second-order valence-corrected chi connectivity index (χ2v) is 5.46. The fourth-order valence-corrected chi connectivity index (χ4v) is 2.71. The Balaban J connectivity index is 2.08. The molecule has 4 nitrogen and oxygen atoms in total. The molecule has 0 radical (unpaired) electrons. The predicted octanol–water partition coefficient (Wildman–Crippen LogP) is 2.65. The van der Waals surface area contributed by atoms with E-state index in [4.69, 9.17) is 5.73 Å². The van der Waals surface area contributed by atoms with Crippen LogP contribution in [0.4, 0.5) is 5.13 Å². The van der Waals surface area contributed by atoms with E-state index in [1.54, 1.807) is 0 Å². The number of thiazole rings is 1. The Morgan fingerprint density at radius 2 is 2.11 bits per heavy atom. The van der Waals surface area contributed by atoms with Crippen LogP contribution in [0.15, 0.2) is 30.3 Å². The average molecular weight is 275 g/mol. The molecule has 0 aliphatic heterocycles. The van der Waals surface area contributed by atoms with Gasteiger partial charge in [0, 0.05) is 4.88 Å². The SMILES string of the molecule is CCc1nc(NC(=O)C(N)c2ccccc2)sc1C. The average Bonchev–Trinajstić information content (AvgIpc) is 2.78. The summed E-state index contributed by atoms with van der Waals surface area (Å²) in [7, 11) is 0. The van der Waals surface area contributed by atoms with E-state index in [0.717, 1.165) is 22.6 Å². The minimum Gasteiger partial charge on any atom is -0.316 e. The molecule has 0 saturated carbocycles. The number of nitrogens with one attached hydrogen (secondary N) is 1. The maximum absolute atomic E-state index is 12.1. The lowest BCUT2D eigenvalue weighted by Gasteiger charge is -2.10. The van der Waals surface area contributed by atoms with Gasteiger partial charge in [0.05, 0.1) is 5.69 Å². The molecular formula is C14H17N3OS. The third-order valence-corrected chi connectivity index (χ3v) is 3.83. The smallest absolute Gasteiger partial charge is 0.247 e. The van der Waals surface area contributed by atoms with Crippen LogP contribution < -0.4 is 11.1 Å². The molecule has 3 N–H and O–H groups in total. The second-order valence-electron chi connectivity index (χ2n) is 4.25. The first-order valence-electron chi connectivity index (χ1n) is 6.19. The minimum atomic E-state index is -0.671. The highest BCUT2D eigenvalue weighted by Crippen LogP contribution is 2.23. The van der Waals surface area contributed by atoms with E-state index in [9.17, 15) is 4.79 Å². The van der Waals surface area contributed by atoms with Crippen LogP contribution in [0, 0.1) is 6.92 Å². The number of nitrogens with zero attached hydrogens (tertiary/aromatic N) is 1. The summed E-state index contributed by atoms with van der Waals surface area (Å²) in [6, 6.07) is 8.64. The zero-order chi connectivity index (χ0) is 13.8. The van der Waals surface area contributed by atoms with E-state index in [1.807, 2.05) is 44.2 Å². The summed E-state index contributed by atoms with van der Waals surface area (Å²) in [6.45, 7) is 4.05. The molecule has 1 heterocycles. The fourth-order valence-electron chi connectivity index (χ4n) is 1.80. The van der Waals surface area contributed by atoms with Crippen LogP contribution in [-0.4, -0.2) is 10.9 Å². The molecule has 0 bridgehead atoms. The van der Waals surface area contributed by atoms with Crippen molar-refractivity contribution in [2.75, 3.05) is 5.32 Å². The van der Waals surface area contributed by atoms with Gasteiger partial charge < -0.3 is 11.1 Å². The van der Waals surface area contributed by atoms with E-state index < -0.39 is 6.04 Å². The van der Waals surface area contributed by atoms with Crippen LogP contribution >= 0.6 is 11.3 Å². The summed E-state index contributed by atoms with van der Waals surface area (Å²) in [6.07, 6.45) is 0.864. The minimum absolute atomic E-state index is 0.234. The second kappa shape index (κ2) is 5.95. The number of aromatic nitrogens is 1. The lowest BCUT2D eigenvalue weighted by molar-refractivity contribution is -0.117. The first-order chi connectivity index (χ1) is 9.11. The first kappa shape index (κ1) is 13.7. The van der Waals surface area contributed by atoms with Crippen molar-refractivity contribution in [3.63, 3.8) is 0 Å². The Hall–Kier alpha value is -1.72. The van der Waals surface area contributed by atoms with Gasteiger partial charge in [0.1, 0.15) is 6.04 Å². The van der Waals surface area contributed by atoms with Crippen molar-refractivity contribution in [3.8, 4) is 0 Å². The zero-order valence-electron chi connectivity index (χ0n) is 11.0. The Kier molecular flexibility index (Phi) is 4.29. The highest BCUT2D eigenvalue weighted by molar-refractivity contribution is 7.15. The normalized spacial score (nSPS) is 12.2. The molecule has 100 valence electrons. The van der Waals surface area contributed by atoms with Gasteiger partial charge >= 0.3 is 0 Å². The van der Waals surface area contributed by atoms with Gasteiger partial charge in [-0.1, -0.05) is 37.3 Å². The summed E-state index contributed by atoms with van der Waals surface area (Å²) >= 11 is 1.48. The lowest BCUT2D eigenvalue weighted by Crippen LogP contribution is -2.27. The molecule has 1 atom stereocenters. The van der Waals surface area contributed by atoms with Gasteiger partial charge in [-0.3, -0.25) is 4.79 Å². The number of anilines is 1. The quantitative estimate of drug-likeness (QED) is 0.901. The number of nitrogens with two attached hydrogens (primary N) is 1. The van der Waals surface area contributed by atoms with E-state index in [-0.39, 0.29) is 5.91 Å². The maximum Gasteiger partial charge on any atom is 0.247 e. The molecule has 0 aliphatic carbocycles. The molecule has 1 amide bonds. The fraction of sp³-hybridized carbons (Fsp3) is 0.286. The number of hydrogen-bond acceptors (Lipinski definition) is 4. The summed E-state index contributed by atoms with van der Waals surface area (Å²) in [4.78, 5) is 17.6. The van der Waals surface area contributed by atoms with Crippen molar-refractivity contribution in [1.29, 1.82) is 0 Å². The predicted molar refractivity (Wildman–Crippen MR) is 78.2 cm³/mol. The number of benzene rings is 1. The van der Waals surface area contributed by atoms with Gasteiger partial charge in [0.15, 0.2) is 5.13 Å². The molecule has 1 unspecified atom stereocenters. The Labute approximate surface area is 116 Å². The van der Waals surface area contributed by atoms with E-state index in [1.165, 1.54) is 11.3 Å². The van der Waals surface area contributed by atoms with Gasteiger partial charge in [-0.15, -0.1) is 11.3 Å². The number of carbonyl (C=O) groups is 1. The number of rotatable bonds is 4. The van der Waals surface area contributed by atoms with Gasteiger partial charge in [0.25, 0.3) is 0 Å². The molecule has 0 fully saturated rings. The lowest BCUT2D eigenvalue weighted by atomic mass is 10.1. The highest BCUT2D eigenvalue weighted by Gasteiger charge is 2.17.